The number of thioether (sulfide) groups is 1. The third-order valence-electron chi connectivity index (χ3n) is 2.63. The van der Waals surface area contributed by atoms with Gasteiger partial charge in [0, 0.05) is 11.8 Å². The summed E-state index contributed by atoms with van der Waals surface area (Å²) in [4.78, 5) is -0.613. The van der Waals surface area contributed by atoms with Crippen LogP contribution in [0.25, 0.3) is 0 Å². The Morgan fingerprint density at radius 2 is 2.11 bits per heavy atom. The summed E-state index contributed by atoms with van der Waals surface area (Å²) >= 11 is 1.62. The fourth-order valence-corrected chi connectivity index (χ4v) is 4.29. The largest absolute Gasteiger partial charge is 0.394 e. The van der Waals surface area contributed by atoms with Crippen LogP contribution in [0.5, 0.6) is 0 Å². The van der Waals surface area contributed by atoms with Crippen molar-refractivity contribution in [2.45, 2.75) is 17.4 Å². The maximum absolute atomic E-state index is 13.6. The van der Waals surface area contributed by atoms with E-state index in [1.54, 1.807) is 11.8 Å². The zero-order valence-corrected chi connectivity index (χ0v) is 11.0. The number of rotatable bonds is 3. The maximum Gasteiger partial charge on any atom is 0.243 e. The summed E-state index contributed by atoms with van der Waals surface area (Å²) < 4.78 is 52.9. The molecule has 1 atom stereocenters. The molecule has 8 heteroatoms. The molecule has 1 aromatic rings. The number of halogens is 2. The zero-order valence-electron chi connectivity index (χ0n) is 9.32. The van der Waals surface area contributed by atoms with Gasteiger partial charge < -0.3 is 5.73 Å². The quantitative estimate of drug-likeness (QED) is 0.825. The molecular formula is C10H12F2N2O2S2. The Labute approximate surface area is 108 Å². The van der Waals surface area contributed by atoms with Gasteiger partial charge in [-0.3, -0.25) is 0 Å². The Hall–Kier alpha value is -0.860. The van der Waals surface area contributed by atoms with Crippen molar-refractivity contribution in [1.82, 2.24) is 4.72 Å². The molecule has 1 fully saturated rings. The number of benzene rings is 1. The lowest BCUT2D eigenvalue weighted by Gasteiger charge is -2.13. The second-order valence-electron chi connectivity index (χ2n) is 3.95. The summed E-state index contributed by atoms with van der Waals surface area (Å²) in [6.45, 7) is 0. The first-order chi connectivity index (χ1) is 8.42. The van der Waals surface area contributed by atoms with E-state index in [4.69, 9.17) is 5.73 Å². The summed E-state index contributed by atoms with van der Waals surface area (Å²) in [6, 6.07) is 1.51. The molecule has 1 aliphatic rings. The van der Waals surface area contributed by atoms with Crippen LogP contribution in [-0.2, 0) is 10.0 Å². The summed E-state index contributed by atoms with van der Waals surface area (Å²) in [5, 5.41) is 0. The van der Waals surface area contributed by atoms with E-state index in [2.05, 4.69) is 4.72 Å². The Morgan fingerprint density at radius 1 is 1.39 bits per heavy atom. The molecule has 0 aromatic heterocycles. The second kappa shape index (κ2) is 5.02. The van der Waals surface area contributed by atoms with E-state index < -0.39 is 32.2 Å². The summed E-state index contributed by atoms with van der Waals surface area (Å²) in [7, 11) is -4.00. The molecule has 0 radical (unpaired) electrons. The highest BCUT2D eigenvalue weighted by molar-refractivity contribution is 7.99. The minimum Gasteiger partial charge on any atom is -0.394 e. The van der Waals surface area contributed by atoms with E-state index in [0.29, 0.717) is 12.2 Å². The molecule has 0 aliphatic carbocycles. The Balaban J connectivity index is 2.32. The molecule has 0 bridgehead atoms. The van der Waals surface area contributed by atoms with Crippen LogP contribution in [0, 0.1) is 11.6 Å². The fraction of sp³-hybridized carbons (Fsp3) is 0.400. The summed E-state index contributed by atoms with van der Waals surface area (Å²) in [6.07, 6.45) is 0.697. The minimum absolute atomic E-state index is 0.217. The van der Waals surface area contributed by atoms with E-state index >= 15 is 0 Å². The molecule has 100 valence electrons. The average Bonchev–Trinajstić information content (AvgIpc) is 2.77. The molecule has 18 heavy (non-hydrogen) atoms. The SMILES string of the molecule is Nc1c(F)ccc(S(=O)(=O)NC2CCSC2)c1F. The molecule has 1 unspecified atom stereocenters. The van der Waals surface area contributed by atoms with Gasteiger partial charge in [-0.15, -0.1) is 0 Å². The predicted octanol–water partition coefficient (Wildman–Crippen LogP) is 1.33. The summed E-state index contributed by atoms with van der Waals surface area (Å²) in [5.74, 6) is -0.699. The predicted molar refractivity (Wildman–Crippen MR) is 66.8 cm³/mol. The first-order valence-corrected chi connectivity index (χ1v) is 7.89. The average molecular weight is 294 g/mol. The molecule has 3 N–H and O–H groups in total. The fourth-order valence-electron chi connectivity index (χ4n) is 1.67. The number of hydrogen-bond acceptors (Lipinski definition) is 4. The Bertz CT molecular complexity index is 557. The van der Waals surface area contributed by atoms with E-state index in [0.717, 1.165) is 17.9 Å². The molecule has 1 aromatic carbocycles. The third kappa shape index (κ3) is 2.60. The molecule has 0 spiro atoms. The van der Waals surface area contributed by atoms with Crippen molar-refractivity contribution in [2.24, 2.45) is 0 Å². The second-order valence-corrected chi connectivity index (χ2v) is 6.79. The van der Waals surface area contributed by atoms with Crippen molar-refractivity contribution in [2.75, 3.05) is 17.2 Å². The lowest BCUT2D eigenvalue weighted by Crippen LogP contribution is -2.35. The van der Waals surface area contributed by atoms with Crippen molar-refractivity contribution in [3.8, 4) is 0 Å². The monoisotopic (exact) mass is 294 g/mol. The van der Waals surface area contributed by atoms with E-state index in [-0.39, 0.29) is 6.04 Å². The van der Waals surface area contributed by atoms with Gasteiger partial charge in [0.2, 0.25) is 10.0 Å². The van der Waals surface area contributed by atoms with E-state index in [9.17, 15) is 17.2 Å². The van der Waals surface area contributed by atoms with Crippen molar-refractivity contribution in [3.63, 3.8) is 0 Å². The normalized spacial score (nSPS) is 20.2. The molecule has 1 heterocycles. The molecule has 1 saturated heterocycles. The lowest BCUT2D eigenvalue weighted by atomic mass is 10.3. The molecule has 0 amide bonds. The topological polar surface area (TPSA) is 72.2 Å². The zero-order chi connectivity index (χ0) is 13.3. The van der Waals surface area contributed by atoms with Gasteiger partial charge in [0.05, 0.1) is 0 Å². The first kappa shape index (κ1) is 13.6. The third-order valence-corrected chi connectivity index (χ3v) is 5.33. The highest BCUT2D eigenvalue weighted by atomic mass is 32.2. The van der Waals surface area contributed by atoms with Gasteiger partial charge in [0.15, 0.2) is 5.82 Å². The standard InChI is InChI=1S/C10H12F2N2O2S2/c11-7-1-2-8(9(12)10(7)13)18(15,16)14-6-3-4-17-5-6/h1-2,6,14H,3-5,13H2. The number of nitrogens with one attached hydrogen (secondary N) is 1. The molecular weight excluding hydrogens is 282 g/mol. The van der Waals surface area contributed by atoms with Gasteiger partial charge >= 0.3 is 0 Å². The van der Waals surface area contributed by atoms with Gasteiger partial charge in [-0.05, 0) is 24.3 Å². The van der Waals surface area contributed by atoms with Crippen molar-refractivity contribution < 1.29 is 17.2 Å². The van der Waals surface area contributed by atoms with Gasteiger partial charge in [0.25, 0.3) is 0 Å². The lowest BCUT2D eigenvalue weighted by molar-refractivity contribution is 0.539. The van der Waals surface area contributed by atoms with Crippen LogP contribution in [0.1, 0.15) is 6.42 Å². The molecule has 4 nitrogen and oxygen atoms in total. The van der Waals surface area contributed by atoms with Crippen LogP contribution in [0.15, 0.2) is 17.0 Å². The Morgan fingerprint density at radius 3 is 2.72 bits per heavy atom. The van der Waals surface area contributed by atoms with Crippen molar-refractivity contribution in [1.29, 1.82) is 0 Å². The van der Waals surface area contributed by atoms with Gasteiger partial charge in [-0.2, -0.15) is 11.8 Å². The first-order valence-electron chi connectivity index (χ1n) is 5.25. The van der Waals surface area contributed by atoms with Crippen LogP contribution in [0.4, 0.5) is 14.5 Å². The summed E-state index contributed by atoms with van der Waals surface area (Å²) in [5.41, 5.74) is 4.36. The van der Waals surface area contributed by atoms with Crippen molar-refractivity contribution >= 4 is 27.5 Å². The van der Waals surface area contributed by atoms with Crippen LogP contribution in [0.3, 0.4) is 0 Å². The number of hydrogen-bond donors (Lipinski definition) is 2. The van der Waals surface area contributed by atoms with Crippen LogP contribution in [-0.4, -0.2) is 26.0 Å². The molecule has 2 rings (SSSR count). The van der Waals surface area contributed by atoms with E-state index in [1.165, 1.54) is 0 Å². The van der Waals surface area contributed by atoms with Gasteiger partial charge in [-0.1, -0.05) is 0 Å². The van der Waals surface area contributed by atoms with Crippen molar-refractivity contribution in [3.05, 3.63) is 23.8 Å². The van der Waals surface area contributed by atoms with Crippen LogP contribution < -0.4 is 10.5 Å². The Kier molecular flexibility index (Phi) is 3.79. The van der Waals surface area contributed by atoms with Gasteiger partial charge in [-0.25, -0.2) is 21.9 Å². The number of sulfonamides is 1. The maximum atomic E-state index is 13.6. The molecule has 0 saturated carbocycles. The highest BCUT2D eigenvalue weighted by Crippen LogP contribution is 2.24. The van der Waals surface area contributed by atoms with Gasteiger partial charge in [0.1, 0.15) is 16.4 Å². The highest BCUT2D eigenvalue weighted by Gasteiger charge is 2.27. The minimum atomic E-state index is -4.00. The molecule has 1 aliphatic heterocycles. The van der Waals surface area contributed by atoms with Crippen LogP contribution in [0.2, 0.25) is 0 Å². The number of nitrogens with two attached hydrogens (primary N) is 1. The smallest absolute Gasteiger partial charge is 0.243 e. The number of nitrogen functional groups attached to an aromatic ring is 1. The van der Waals surface area contributed by atoms with E-state index in [1.807, 2.05) is 0 Å². The number of anilines is 1. The van der Waals surface area contributed by atoms with Crippen LogP contribution >= 0.6 is 11.8 Å².